The number of aromatic nitrogens is 1. The molecule has 0 radical (unpaired) electrons. The lowest BCUT2D eigenvalue weighted by atomic mass is 10.3. The van der Waals surface area contributed by atoms with Crippen LogP contribution in [0.2, 0.25) is 5.15 Å². The molecule has 0 fully saturated rings. The summed E-state index contributed by atoms with van der Waals surface area (Å²) in [7, 11) is 0. The number of pyridine rings is 1. The fourth-order valence-corrected chi connectivity index (χ4v) is 1.90. The van der Waals surface area contributed by atoms with Gasteiger partial charge >= 0.3 is 0 Å². The van der Waals surface area contributed by atoms with Crippen LogP contribution in [0.4, 0.5) is 4.39 Å². The first-order valence-corrected chi connectivity index (χ1v) is 5.98. The van der Waals surface area contributed by atoms with Crippen molar-refractivity contribution in [2.24, 2.45) is 0 Å². The minimum absolute atomic E-state index is 0.334. The van der Waals surface area contributed by atoms with Gasteiger partial charge < -0.3 is 4.74 Å². The van der Waals surface area contributed by atoms with Gasteiger partial charge in [0.25, 0.3) is 0 Å². The van der Waals surface area contributed by atoms with Crippen molar-refractivity contribution in [2.45, 2.75) is 6.92 Å². The first-order chi connectivity index (χ1) is 8.04. The van der Waals surface area contributed by atoms with Gasteiger partial charge in [-0.1, -0.05) is 27.5 Å². The largest absolute Gasteiger partial charge is 0.457 e. The van der Waals surface area contributed by atoms with Crippen molar-refractivity contribution in [3.8, 4) is 11.5 Å². The highest BCUT2D eigenvalue weighted by atomic mass is 79.9. The van der Waals surface area contributed by atoms with Gasteiger partial charge in [-0.3, -0.25) is 0 Å². The average Bonchev–Trinajstić information content (AvgIpc) is 2.22. The zero-order chi connectivity index (χ0) is 12.4. The van der Waals surface area contributed by atoms with Crippen molar-refractivity contribution in [1.29, 1.82) is 0 Å². The van der Waals surface area contributed by atoms with Crippen molar-refractivity contribution in [3.63, 3.8) is 0 Å². The van der Waals surface area contributed by atoms with Gasteiger partial charge in [0.2, 0.25) is 0 Å². The Labute approximate surface area is 112 Å². The van der Waals surface area contributed by atoms with Crippen LogP contribution in [0.15, 0.2) is 34.9 Å². The number of rotatable bonds is 2. The number of hydrogen-bond acceptors (Lipinski definition) is 2. The average molecular weight is 317 g/mol. The molecule has 2 aromatic rings. The van der Waals surface area contributed by atoms with E-state index in [1.54, 1.807) is 18.3 Å². The van der Waals surface area contributed by atoms with Crippen molar-refractivity contribution < 1.29 is 9.13 Å². The molecule has 0 aliphatic carbocycles. The van der Waals surface area contributed by atoms with Crippen LogP contribution in [-0.4, -0.2) is 4.98 Å². The maximum Gasteiger partial charge on any atom is 0.134 e. The van der Waals surface area contributed by atoms with Crippen LogP contribution in [0.5, 0.6) is 11.5 Å². The molecule has 0 N–H and O–H groups in total. The lowest BCUT2D eigenvalue weighted by Crippen LogP contribution is -1.90. The molecule has 17 heavy (non-hydrogen) atoms. The summed E-state index contributed by atoms with van der Waals surface area (Å²) in [4.78, 5) is 3.92. The highest BCUT2D eigenvalue weighted by Crippen LogP contribution is 2.29. The van der Waals surface area contributed by atoms with Crippen LogP contribution in [0.3, 0.4) is 0 Å². The van der Waals surface area contributed by atoms with Gasteiger partial charge in [-0.05, 0) is 19.1 Å². The molecule has 88 valence electrons. The van der Waals surface area contributed by atoms with Crippen molar-refractivity contribution in [2.75, 3.05) is 0 Å². The van der Waals surface area contributed by atoms with Crippen LogP contribution in [0.25, 0.3) is 0 Å². The summed E-state index contributed by atoms with van der Waals surface area (Å²) in [5.74, 6) is 0.594. The summed E-state index contributed by atoms with van der Waals surface area (Å²) in [6.07, 6.45) is 1.60. The van der Waals surface area contributed by atoms with Crippen molar-refractivity contribution >= 4 is 27.5 Å². The van der Waals surface area contributed by atoms with Crippen LogP contribution in [-0.2, 0) is 0 Å². The summed E-state index contributed by atoms with van der Waals surface area (Å²) in [6.45, 7) is 1.84. The van der Waals surface area contributed by atoms with E-state index in [-0.39, 0.29) is 5.82 Å². The molecule has 0 saturated carbocycles. The third kappa shape index (κ3) is 3.17. The Morgan fingerprint density at radius 3 is 2.76 bits per heavy atom. The third-order valence-corrected chi connectivity index (χ3v) is 2.75. The minimum atomic E-state index is -0.368. The normalized spacial score (nSPS) is 10.4. The third-order valence-electron chi connectivity index (χ3n) is 2.08. The minimum Gasteiger partial charge on any atom is -0.457 e. The molecule has 0 saturated heterocycles. The standard InChI is InChI=1S/C12H8BrClFNO/c1-7-6-16-12(14)5-11(7)17-10-3-8(13)2-9(15)4-10/h2-6H,1H3. The summed E-state index contributed by atoms with van der Waals surface area (Å²) in [5, 5.41) is 0.334. The van der Waals surface area contributed by atoms with E-state index in [1.165, 1.54) is 12.1 Å². The smallest absolute Gasteiger partial charge is 0.134 e. The van der Waals surface area contributed by atoms with Crippen molar-refractivity contribution in [1.82, 2.24) is 4.98 Å². The van der Waals surface area contributed by atoms with Gasteiger partial charge in [0, 0.05) is 28.4 Å². The van der Waals surface area contributed by atoms with E-state index in [2.05, 4.69) is 20.9 Å². The van der Waals surface area contributed by atoms with E-state index in [0.29, 0.717) is 21.1 Å². The van der Waals surface area contributed by atoms with Crippen LogP contribution in [0.1, 0.15) is 5.56 Å². The lowest BCUT2D eigenvalue weighted by molar-refractivity contribution is 0.472. The molecule has 0 spiro atoms. The lowest BCUT2D eigenvalue weighted by Gasteiger charge is -2.09. The Morgan fingerprint density at radius 1 is 1.29 bits per heavy atom. The Morgan fingerprint density at radius 2 is 2.06 bits per heavy atom. The second-order valence-corrected chi connectivity index (χ2v) is 4.78. The monoisotopic (exact) mass is 315 g/mol. The number of nitrogens with zero attached hydrogens (tertiary/aromatic N) is 1. The summed E-state index contributed by atoms with van der Waals surface area (Å²) in [6, 6.07) is 5.93. The predicted molar refractivity (Wildman–Crippen MR) is 68.2 cm³/mol. The second-order valence-electron chi connectivity index (χ2n) is 3.48. The Kier molecular flexibility index (Phi) is 3.64. The topological polar surface area (TPSA) is 22.1 Å². The molecule has 2 nitrogen and oxygen atoms in total. The molecule has 2 rings (SSSR count). The van der Waals surface area contributed by atoms with Crippen LogP contribution < -0.4 is 4.74 Å². The maximum atomic E-state index is 13.2. The van der Waals surface area contributed by atoms with Gasteiger partial charge in [-0.2, -0.15) is 0 Å². The molecule has 5 heteroatoms. The molecule has 1 aromatic heterocycles. The predicted octanol–water partition coefficient (Wildman–Crippen LogP) is 4.74. The van der Waals surface area contributed by atoms with E-state index in [0.717, 1.165) is 5.56 Å². The van der Waals surface area contributed by atoms with Gasteiger partial charge in [0.05, 0.1) is 0 Å². The van der Waals surface area contributed by atoms with Gasteiger partial charge in [0.1, 0.15) is 22.5 Å². The van der Waals surface area contributed by atoms with Gasteiger partial charge in [0.15, 0.2) is 0 Å². The van der Waals surface area contributed by atoms with E-state index < -0.39 is 0 Å². The van der Waals surface area contributed by atoms with Gasteiger partial charge in [-0.25, -0.2) is 9.37 Å². The fourth-order valence-electron chi connectivity index (χ4n) is 1.31. The van der Waals surface area contributed by atoms with Crippen LogP contribution >= 0.6 is 27.5 Å². The Balaban J connectivity index is 2.34. The van der Waals surface area contributed by atoms with E-state index in [1.807, 2.05) is 6.92 Å². The maximum absolute atomic E-state index is 13.2. The first-order valence-electron chi connectivity index (χ1n) is 4.81. The van der Waals surface area contributed by atoms with E-state index >= 15 is 0 Å². The second kappa shape index (κ2) is 5.02. The summed E-state index contributed by atoms with van der Waals surface area (Å²) in [5.41, 5.74) is 0.829. The molecule has 1 aromatic carbocycles. The fraction of sp³-hybridized carbons (Fsp3) is 0.0833. The molecular formula is C12H8BrClFNO. The number of hydrogen-bond donors (Lipinski definition) is 0. The highest BCUT2D eigenvalue weighted by Gasteiger charge is 2.05. The number of halogens is 3. The SMILES string of the molecule is Cc1cnc(Cl)cc1Oc1cc(F)cc(Br)c1. The van der Waals surface area contributed by atoms with E-state index in [9.17, 15) is 4.39 Å². The molecule has 0 aliphatic rings. The summed E-state index contributed by atoms with van der Waals surface area (Å²) >= 11 is 8.97. The number of benzene rings is 1. The molecule has 0 amide bonds. The van der Waals surface area contributed by atoms with Gasteiger partial charge in [-0.15, -0.1) is 0 Å². The molecular weight excluding hydrogens is 308 g/mol. The number of ether oxygens (including phenoxy) is 1. The molecule has 0 aliphatic heterocycles. The zero-order valence-electron chi connectivity index (χ0n) is 8.88. The number of aryl methyl sites for hydroxylation is 1. The Bertz CT molecular complexity index is 542. The molecule has 0 bridgehead atoms. The first kappa shape index (κ1) is 12.3. The van der Waals surface area contributed by atoms with Crippen molar-refractivity contribution in [3.05, 3.63) is 51.5 Å². The molecule has 0 unspecified atom stereocenters. The zero-order valence-corrected chi connectivity index (χ0v) is 11.2. The molecule has 0 atom stereocenters. The quantitative estimate of drug-likeness (QED) is 0.747. The molecule has 1 heterocycles. The van der Waals surface area contributed by atoms with E-state index in [4.69, 9.17) is 16.3 Å². The van der Waals surface area contributed by atoms with Crippen LogP contribution in [0, 0.1) is 12.7 Å². The highest BCUT2D eigenvalue weighted by molar-refractivity contribution is 9.10. The summed E-state index contributed by atoms with van der Waals surface area (Å²) < 4.78 is 19.3. The Hall–Kier alpha value is -1.13.